The third-order valence-electron chi connectivity index (χ3n) is 2.02. The van der Waals surface area contributed by atoms with Crippen molar-refractivity contribution in [3.8, 4) is 0 Å². The molecule has 0 amide bonds. The molecule has 1 aliphatic heterocycles. The van der Waals surface area contributed by atoms with Gasteiger partial charge in [-0.15, -0.1) is 0 Å². The van der Waals surface area contributed by atoms with Crippen molar-refractivity contribution in [3.63, 3.8) is 0 Å². The van der Waals surface area contributed by atoms with Crippen molar-refractivity contribution in [2.75, 3.05) is 36.6 Å². The van der Waals surface area contributed by atoms with Gasteiger partial charge < -0.3 is 5.32 Å². The van der Waals surface area contributed by atoms with Gasteiger partial charge in [-0.2, -0.15) is 11.8 Å². The molecule has 0 aromatic heterocycles. The van der Waals surface area contributed by atoms with E-state index in [1.165, 1.54) is 17.9 Å². The molecule has 0 aromatic carbocycles. The number of thioether (sulfide) groups is 1. The first-order valence-electron chi connectivity index (χ1n) is 4.37. The highest BCUT2D eigenvalue weighted by molar-refractivity contribution is 7.99. The number of hydrogen-bond acceptors (Lipinski definition) is 3. The van der Waals surface area contributed by atoms with Gasteiger partial charge in [-0.3, -0.25) is 4.21 Å². The first-order chi connectivity index (χ1) is 5.79. The monoisotopic (exact) mass is 207 g/mol. The minimum atomic E-state index is -0.636. The minimum absolute atomic E-state index is 0.636. The molecule has 2 unspecified atom stereocenters. The summed E-state index contributed by atoms with van der Waals surface area (Å²) in [7, 11) is -0.636. The second kappa shape index (κ2) is 6.00. The van der Waals surface area contributed by atoms with Crippen molar-refractivity contribution < 1.29 is 4.21 Å². The van der Waals surface area contributed by atoms with Crippen LogP contribution in [0.2, 0.25) is 0 Å². The molecule has 1 aliphatic rings. The van der Waals surface area contributed by atoms with Gasteiger partial charge in [-0.1, -0.05) is 0 Å². The lowest BCUT2D eigenvalue weighted by atomic mass is 10.1. The van der Waals surface area contributed by atoms with E-state index in [1.54, 1.807) is 6.26 Å². The molecular weight excluding hydrogens is 190 g/mol. The summed E-state index contributed by atoms with van der Waals surface area (Å²) < 4.78 is 10.7. The highest BCUT2D eigenvalue weighted by atomic mass is 32.2. The van der Waals surface area contributed by atoms with E-state index in [4.69, 9.17) is 0 Å². The molecule has 2 atom stereocenters. The Morgan fingerprint density at radius 3 is 3.08 bits per heavy atom. The zero-order valence-corrected chi connectivity index (χ0v) is 9.18. The average Bonchev–Trinajstić information content (AvgIpc) is 2.49. The Morgan fingerprint density at radius 1 is 1.67 bits per heavy atom. The molecule has 1 N–H and O–H groups in total. The van der Waals surface area contributed by atoms with Gasteiger partial charge in [0, 0.05) is 29.4 Å². The highest BCUT2D eigenvalue weighted by Crippen LogP contribution is 2.22. The van der Waals surface area contributed by atoms with Crippen LogP contribution in [0.5, 0.6) is 0 Å². The lowest BCUT2D eigenvalue weighted by Gasteiger charge is -2.08. The maximum atomic E-state index is 10.7. The summed E-state index contributed by atoms with van der Waals surface area (Å²) in [6, 6.07) is 0. The summed E-state index contributed by atoms with van der Waals surface area (Å²) >= 11 is 2.05. The van der Waals surface area contributed by atoms with Crippen LogP contribution in [0, 0.1) is 5.92 Å². The van der Waals surface area contributed by atoms with Crippen LogP contribution in [-0.2, 0) is 10.8 Å². The molecule has 4 heteroatoms. The van der Waals surface area contributed by atoms with Gasteiger partial charge in [-0.05, 0) is 30.4 Å². The van der Waals surface area contributed by atoms with E-state index in [9.17, 15) is 4.21 Å². The summed E-state index contributed by atoms with van der Waals surface area (Å²) in [5, 5.41) is 3.35. The summed E-state index contributed by atoms with van der Waals surface area (Å²) in [5.41, 5.74) is 0. The maximum absolute atomic E-state index is 10.7. The Hall–Kier alpha value is 0.460. The van der Waals surface area contributed by atoms with Crippen LogP contribution < -0.4 is 5.32 Å². The van der Waals surface area contributed by atoms with Crippen molar-refractivity contribution >= 4 is 22.6 Å². The summed E-state index contributed by atoms with van der Waals surface area (Å²) in [6.45, 7) is 2.02. The molecule has 1 rings (SSSR count). The van der Waals surface area contributed by atoms with Crippen LogP contribution in [0.15, 0.2) is 0 Å². The third-order valence-corrected chi connectivity index (χ3v) is 4.03. The van der Waals surface area contributed by atoms with Crippen LogP contribution in [0.3, 0.4) is 0 Å². The van der Waals surface area contributed by atoms with E-state index in [-0.39, 0.29) is 0 Å². The van der Waals surface area contributed by atoms with E-state index in [0.29, 0.717) is 0 Å². The number of hydrogen-bond donors (Lipinski definition) is 1. The molecule has 12 heavy (non-hydrogen) atoms. The average molecular weight is 207 g/mol. The predicted octanol–water partition coefficient (Wildman–Crippen LogP) is 0.708. The fourth-order valence-corrected chi connectivity index (χ4v) is 2.98. The third kappa shape index (κ3) is 4.48. The van der Waals surface area contributed by atoms with Crippen LogP contribution >= 0.6 is 11.8 Å². The zero-order chi connectivity index (χ0) is 8.81. The predicted molar refractivity (Wildman–Crippen MR) is 57.2 cm³/mol. The molecule has 1 fully saturated rings. The molecule has 72 valence electrons. The maximum Gasteiger partial charge on any atom is 0.0357 e. The Labute approximate surface area is 81.3 Å². The van der Waals surface area contributed by atoms with Gasteiger partial charge >= 0.3 is 0 Å². The van der Waals surface area contributed by atoms with Crippen LogP contribution in [0.4, 0.5) is 0 Å². The first kappa shape index (κ1) is 10.5. The van der Waals surface area contributed by atoms with Gasteiger partial charge in [0.1, 0.15) is 0 Å². The molecule has 0 saturated carbocycles. The van der Waals surface area contributed by atoms with Crippen LogP contribution in [0.25, 0.3) is 0 Å². The SMILES string of the molecule is CS(=O)CCNCC1CCSC1. The molecule has 0 bridgehead atoms. The molecule has 2 nitrogen and oxygen atoms in total. The van der Waals surface area contributed by atoms with Gasteiger partial charge in [0.2, 0.25) is 0 Å². The van der Waals surface area contributed by atoms with E-state index in [1.807, 2.05) is 11.8 Å². The number of nitrogens with one attached hydrogen (secondary N) is 1. The zero-order valence-electron chi connectivity index (χ0n) is 7.54. The summed E-state index contributed by atoms with van der Waals surface area (Å²) in [5.74, 6) is 4.29. The van der Waals surface area contributed by atoms with E-state index in [2.05, 4.69) is 5.32 Å². The Morgan fingerprint density at radius 2 is 2.50 bits per heavy atom. The molecule has 1 heterocycles. The quantitative estimate of drug-likeness (QED) is 0.673. The number of rotatable bonds is 5. The van der Waals surface area contributed by atoms with Gasteiger partial charge in [0.25, 0.3) is 0 Å². The largest absolute Gasteiger partial charge is 0.316 e. The van der Waals surface area contributed by atoms with Crippen LogP contribution in [-0.4, -0.2) is 40.8 Å². The summed E-state index contributed by atoms with van der Waals surface area (Å²) in [6.07, 6.45) is 3.11. The fourth-order valence-electron chi connectivity index (χ4n) is 1.27. The van der Waals surface area contributed by atoms with Gasteiger partial charge in [-0.25, -0.2) is 0 Å². The molecule has 0 spiro atoms. The lowest BCUT2D eigenvalue weighted by Crippen LogP contribution is -2.26. The second-order valence-electron chi connectivity index (χ2n) is 3.21. The minimum Gasteiger partial charge on any atom is -0.316 e. The van der Waals surface area contributed by atoms with E-state index < -0.39 is 10.8 Å². The van der Waals surface area contributed by atoms with E-state index >= 15 is 0 Å². The van der Waals surface area contributed by atoms with E-state index in [0.717, 1.165) is 24.8 Å². The highest BCUT2D eigenvalue weighted by Gasteiger charge is 2.14. The van der Waals surface area contributed by atoms with Crippen molar-refractivity contribution in [3.05, 3.63) is 0 Å². The van der Waals surface area contributed by atoms with Gasteiger partial charge in [0.15, 0.2) is 0 Å². The Balaban J connectivity index is 1.91. The van der Waals surface area contributed by atoms with Crippen LogP contribution in [0.1, 0.15) is 6.42 Å². The van der Waals surface area contributed by atoms with Crippen molar-refractivity contribution in [2.24, 2.45) is 5.92 Å². The Bertz CT molecular complexity index is 146. The summed E-state index contributed by atoms with van der Waals surface area (Å²) in [4.78, 5) is 0. The molecule has 0 aromatic rings. The van der Waals surface area contributed by atoms with Gasteiger partial charge in [0.05, 0.1) is 0 Å². The standard InChI is InChI=1S/C8H17NOS2/c1-12(10)5-3-9-6-8-2-4-11-7-8/h8-9H,2-7H2,1H3. The van der Waals surface area contributed by atoms with Crippen molar-refractivity contribution in [1.82, 2.24) is 5.32 Å². The molecule has 0 radical (unpaired) electrons. The lowest BCUT2D eigenvalue weighted by molar-refractivity contribution is 0.535. The smallest absolute Gasteiger partial charge is 0.0357 e. The fraction of sp³-hybridized carbons (Fsp3) is 1.00. The Kier molecular flexibility index (Phi) is 5.27. The van der Waals surface area contributed by atoms with Crippen molar-refractivity contribution in [1.29, 1.82) is 0 Å². The van der Waals surface area contributed by atoms with Crippen molar-refractivity contribution in [2.45, 2.75) is 6.42 Å². The molecular formula is C8H17NOS2. The first-order valence-corrected chi connectivity index (χ1v) is 7.25. The molecule has 0 aliphatic carbocycles. The topological polar surface area (TPSA) is 29.1 Å². The molecule has 1 saturated heterocycles. The second-order valence-corrected chi connectivity index (χ2v) is 5.92. The normalized spacial score (nSPS) is 25.9.